The van der Waals surface area contributed by atoms with E-state index < -0.39 is 11.8 Å². The summed E-state index contributed by atoms with van der Waals surface area (Å²) in [5.41, 5.74) is 6.32. The van der Waals surface area contributed by atoms with Gasteiger partial charge in [0.25, 0.3) is 0 Å². The zero-order valence-corrected chi connectivity index (χ0v) is 9.03. The third-order valence-electron chi connectivity index (χ3n) is 3.41. The molecule has 4 heteroatoms. The lowest BCUT2D eigenvalue weighted by molar-refractivity contribution is 0.0694. The van der Waals surface area contributed by atoms with E-state index in [4.69, 9.17) is 10.8 Å². The van der Waals surface area contributed by atoms with Crippen LogP contribution in [0.5, 0.6) is 0 Å². The highest BCUT2D eigenvalue weighted by Crippen LogP contribution is 2.51. The number of hydrogen-bond donors (Lipinski definition) is 2. The Morgan fingerprint density at radius 3 is 2.62 bits per heavy atom. The monoisotopic (exact) mass is 223 g/mol. The van der Waals surface area contributed by atoms with Crippen LogP contribution in [0, 0.1) is 5.82 Å². The molecular formula is C12H14FNO2. The highest BCUT2D eigenvalue weighted by Gasteiger charge is 2.49. The van der Waals surface area contributed by atoms with Gasteiger partial charge in [-0.1, -0.05) is 6.07 Å². The van der Waals surface area contributed by atoms with Crippen molar-refractivity contribution in [3.63, 3.8) is 0 Å². The minimum absolute atomic E-state index is 0.0369. The Hall–Kier alpha value is -1.42. The maximum atomic E-state index is 13.0. The number of carbonyl (C=O) groups is 1. The Balaban J connectivity index is 2.53. The highest BCUT2D eigenvalue weighted by atomic mass is 19.1. The number of rotatable bonds is 3. The van der Waals surface area contributed by atoms with Gasteiger partial charge < -0.3 is 10.8 Å². The Kier molecular flexibility index (Phi) is 2.46. The fourth-order valence-electron chi connectivity index (χ4n) is 2.23. The van der Waals surface area contributed by atoms with Crippen molar-refractivity contribution in [2.24, 2.45) is 5.73 Å². The van der Waals surface area contributed by atoms with Crippen LogP contribution in [0.25, 0.3) is 0 Å². The Morgan fingerprint density at radius 2 is 2.19 bits per heavy atom. The molecule has 0 bridgehead atoms. The molecule has 0 radical (unpaired) electrons. The summed E-state index contributed by atoms with van der Waals surface area (Å²) in [6, 6.07) is 3.80. The fourth-order valence-corrected chi connectivity index (χ4v) is 2.23. The van der Waals surface area contributed by atoms with E-state index in [-0.39, 0.29) is 17.0 Å². The molecule has 1 unspecified atom stereocenters. The van der Waals surface area contributed by atoms with E-state index in [0.717, 1.165) is 18.9 Å². The van der Waals surface area contributed by atoms with Crippen LogP contribution in [0.3, 0.4) is 0 Å². The first kappa shape index (κ1) is 11.1. The van der Waals surface area contributed by atoms with Crippen molar-refractivity contribution < 1.29 is 14.3 Å². The standard InChI is InChI=1S/C12H14FNO2/c1-7(14)12(4-5-12)10-3-2-8(13)6-9(10)11(15)16/h2-3,6-7H,4-5,14H2,1H3,(H,15,16). The molecule has 1 fully saturated rings. The van der Waals surface area contributed by atoms with Gasteiger partial charge in [0, 0.05) is 11.5 Å². The minimum Gasteiger partial charge on any atom is -0.478 e. The summed E-state index contributed by atoms with van der Waals surface area (Å²) in [7, 11) is 0. The Bertz CT molecular complexity index is 439. The van der Waals surface area contributed by atoms with E-state index >= 15 is 0 Å². The second-order valence-electron chi connectivity index (χ2n) is 4.44. The zero-order valence-electron chi connectivity index (χ0n) is 9.03. The van der Waals surface area contributed by atoms with Gasteiger partial charge in [-0.15, -0.1) is 0 Å². The van der Waals surface area contributed by atoms with Crippen molar-refractivity contribution in [2.75, 3.05) is 0 Å². The normalized spacial score (nSPS) is 19.2. The number of nitrogens with two attached hydrogens (primary N) is 1. The van der Waals surface area contributed by atoms with E-state index in [9.17, 15) is 9.18 Å². The van der Waals surface area contributed by atoms with Crippen molar-refractivity contribution in [3.05, 3.63) is 35.1 Å². The molecule has 3 N–H and O–H groups in total. The number of carboxylic acids is 1. The third kappa shape index (κ3) is 1.59. The summed E-state index contributed by atoms with van der Waals surface area (Å²) in [6.45, 7) is 1.86. The van der Waals surface area contributed by atoms with Gasteiger partial charge in [0.15, 0.2) is 0 Å². The average molecular weight is 223 g/mol. The van der Waals surface area contributed by atoms with Crippen LogP contribution in [0.2, 0.25) is 0 Å². The molecule has 0 aliphatic heterocycles. The predicted molar refractivity (Wildman–Crippen MR) is 57.9 cm³/mol. The molecule has 0 aromatic heterocycles. The molecule has 1 atom stereocenters. The first-order valence-electron chi connectivity index (χ1n) is 5.26. The van der Waals surface area contributed by atoms with Crippen LogP contribution in [0.1, 0.15) is 35.7 Å². The molecule has 16 heavy (non-hydrogen) atoms. The van der Waals surface area contributed by atoms with E-state index in [1.54, 1.807) is 6.07 Å². The molecule has 0 heterocycles. The zero-order chi connectivity index (χ0) is 11.9. The van der Waals surface area contributed by atoms with E-state index in [0.29, 0.717) is 5.56 Å². The molecule has 1 aliphatic rings. The van der Waals surface area contributed by atoms with Crippen LogP contribution in [-0.4, -0.2) is 17.1 Å². The molecule has 0 amide bonds. The minimum atomic E-state index is -1.10. The van der Waals surface area contributed by atoms with Crippen molar-refractivity contribution >= 4 is 5.97 Å². The number of halogens is 1. The maximum Gasteiger partial charge on any atom is 0.336 e. The number of aromatic carboxylic acids is 1. The van der Waals surface area contributed by atoms with E-state index in [2.05, 4.69) is 0 Å². The van der Waals surface area contributed by atoms with Crippen LogP contribution in [-0.2, 0) is 5.41 Å². The molecule has 1 saturated carbocycles. The highest BCUT2D eigenvalue weighted by molar-refractivity contribution is 5.90. The smallest absolute Gasteiger partial charge is 0.336 e. The molecule has 3 nitrogen and oxygen atoms in total. The van der Waals surface area contributed by atoms with Crippen molar-refractivity contribution in [3.8, 4) is 0 Å². The average Bonchev–Trinajstić information content (AvgIpc) is 2.98. The summed E-state index contributed by atoms with van der Waals surface area (Å²) >= 11 is 0. The quantitative estimate of drug-likeness (QED) is 0.822. The molecule has 1 aliphatic carbocycles. The topological polar surface area (TPSA) is 63.3 Å². The summed E-state index contributed by atoms with van der Waals surface area (Å²) in [5.74, 6) is -1.62. The molecule has 1 aromatic rings. The first-order chi connectivity index (χ1) is 7.47. The SMILES string of the molecule is CC(N)C1(c2ccc(F)cc2C(=O)O)CC1. The second kappa shape index (κ2) is 3.56. The fraction of sp³-hybridized carbons (Fsp3) is 0.417. The van der Waals surface area contributed by atoms with E-state index in [1.807, 2.05) is 6.92 Å². The van der Waals surface area contributed by atoms with Crippen LogP contribution < -0.4 is 5.73 Å². The van der Waals surface area contributed by atoms with Gasteiger partial charge in [-0.05, 0) is 37.5 Å². The maximum absolute atomic E-state index is 13.0. The number of benzene rings is 1. The Morgan fingerprint density at radius 1 is 1.56 bits per heavy atom. The summed E-state index contributed by atoms with van der Waals surface area (Å²) in [5, 5.41) is 9.06. The summed E-state index contributed by atoms with van der Waals surface area (Å²) in [6.07, 6.45) is 1.74. The van der Waals surface area contributed by atoms with Crippen LogP contribution in [0.15, 0.2) is 18.2 Å². The molecule has 0 spiro atoms. The molecule has 2 rings (SSSR count). The summed E-state index contributed by atoms with van der Waals surface area (Å²) in [4.78, 5) is 11.1. The number of carboxylic acid groups (broad SMARTS) is 1. The molecule has 86 valence electrons. The van der Waals surface area contributed by atoms with Gasteiger partial charge in [-0.3, -0.25) is 0 Å². The van der Waals surface area contributed by atoms with Gasteiger partial charge in [0.05, 0.1) is 5.56 Å². The Labute approximate surface area is 93.1 Å². The van der Waals surface area contributed by atoms with Gasteiger partial charge in [-0.25, -0.2) is 9.18 Å². The van der Waals surface area contributed by atoms with Gasteiger partial charge >= 0.3 is 5.97 Å². The molecule has 1 aromatic carbocycles. The van der Waals surface area contributed by atoms with Crippen molar-refractivity contribution in [1.29, 1.82) is 0 Å². The lowest BCUT2D eigenvalue weighted by atomic mass is 9.86. The van der Waals surface area contributed by atoms with Gasteiger partial charge in [-0.2, -0.15) is 0 Å². The molecular weight excluding hydrogens is 209 g/mol. The van der Waals surface area contributed by atoms with Gasteiger partial charge in [0.2, 0.25) is 0 Å². The summed E-state index contributed by atoms with van der Waals surface area (Å²) < 4.78 is 13.0. The lowest BCUT2D eigenvalue weighted by Gasteiger charge is -2.21. The van der Waals surface area contributed by atoms with E-state index in [1.165, 1.54) is 6.07 Å². The second-order valence-corrected chi connectivity index (χ2v) is 4.44. The molecule has 0 saturated heterocycles. The number of hydrogen-bond acceptors (Lipinski definition) is 2. The van der Waals surface area contributed by atoms with Gasteiger partial charge in [0.1, 0.15) is 5.82 Å². The van der Waals surface area contributed by atoms with Crippen LogP contribution in [0.4, 0.5) is 4.39 Å². The first-order valence-corrected chi connectivity index (χ1v) is 5.26. The van der Waals surface area contributed by atoms with Crippen molar-refractivity contribution in [2.45, 2.75) is 31.2 Å². The predicted octanol–water partition coefficient (Wildman–Crippen LogP) is 1.90. The van der Waals surface area contributed by atoms with Crippen LogP contribution >= 0.6 is 0 Å². The largest absolute Gasteiger partial charge is 0.478 e. The van der Waals surface area contributed by atoms with Crippen molar-refractivity contribution in [1.82, 2.24) is 0 Å². The third-order valence-corrected chi connectivity index (χ3v) is 3.41. The lowest BCUT2D eigenvalue weighted by Crippen LogP contribution is -2.33.